The number of halogens is 3. The molecular weight excluding hydrogens is 489 g/mol. The SMILES string of the molecule is C[C@@H]1CN(c2ncnc3c2c(C(F)(F)F)cn3C2CCCC(C(N)=O)C2)[C@@H](C)CN1C(=O)OC(C)(C)C. The molecule has 4 atom stereocenters. The van der Waals surface area contributed by atoms with Crippen LogP contribution in [-0.2, 0) is 15.7 Å². The predicted octanol–water partition coefficient (Wildman–Crippen LogP) is 4.50. The first-order valence-corrected chi connectivity index (χ1v) is 12.7. The lowest BCUT2D eigenvalue weighted by molar-refractivity contribution is -0.136. The fourth-order valence-electron chi connectivity index (χ4n) is 5.45. The number of piperazine rings is 1. The second-order valence-corrected chi connectivity index (χ2v) is 11.2. The molecule has 1 aliphatic carbocycles. The molecule has 4 rings (SSSR count). The van der Waals surface area contributed by atoms with Crippen LogP contribution in [0.1, 0.15) is 71.9 Å². The quantitative estimate of drug-likeness (QED) is 0.634. The molecule has 2 aliphatic rings. The number of carbonyl (C=O) groups is 2. The van der Waals surface area contributed by atoms with Crippen molar-refractivity contribution in [3.8, 4) is 0 Å². The summed E-state index contributed by atoms with van der Waals surface area (Å²) < 4.78 is 50.0. The lowest BCUT2D eigenvalue weighted by atomic mass is 9.85. The molecule has 2 amide bonds. The Kier molecular flexibility index (Phi) is 7.06. The van der Waals surface area contributed by atoms with Gasteiger partial charge in [-0.15, -0.1) is 0 Å². The zero-order valence-corrected chi connectivity index (χ0v) is 21.9. The lowest BCUT2D eigenvalue weighted by Gasteiger charge is -2.44. The number of nitrogens with zero attached hydrogens (tertiary/aromatic N) is 5. The van der Waals surface area contributed by atoms with E-state index in [0.717, 1.165) is 6.20 Å². The van der Waals surface area contributed by atoms with Crippen molar-refractivity contribution < 1.29 is 27.5 Å². The molecule has 1 saturated carbocycles. The van der Waals surface area contributed by atoms with Gasteiger partial charge in [0.2, 0.25) is 5.91 Å². The Hall–Kier alpha value is -3.05. The highest BCUT2D eigenvalue weighted by Gasteiger charge is 2.41. The number of nitrogens with two attached hydrogens (primary N) is 1. The highest BCUT2D eigenvalue weighted by Crippen LogP contribution is 2.43. The van der Waals surface area contributed by atoms with E-state index < -0.39 is 29.3 Å². The molecule has 9 nitrogen and oxygen atoms in total. The van der Waals surface area contributed by atoms with E-state index in [4.69, 9.17) is 10.5 Å². The first-order valence-electron chi connectivity index (χ1n) is 12.7. The van der Waals surface area contributed by atoms with Crippen LogP contribution in [0.4, 0.5) is 23.8 Å². The summed E-state index contributed by atoms with van der Waals surface area (Å²) in [5.41, 5.74) is 4.22. The molecule has 0 aromatic carbocycles. The number of fused-ring (bicyclic) bond motifs is 1. The molecule has 2 unspecified atom stereocenters. The number of carbonyl (C=O) groups excluding carboxylic acids is 2. The number of alkyl halides is 3. The van der Waals surface area contributed by atoms with Crippen LogP contribution in [0, 0.1) is 5.92 Å². The van der Waals surface area contributed by atoms with Gasteiger partial charge in [-0.1, -0.05) is 6.42 Å². The highest BCUT2D eigenvalue weighted by molar-refractivity contribution is 5.92. The number of anilines is 1. The van der Waals surface area contributed by atoms with Crippen molar-refractivity contribution in [2.75, 3.05) is 18.0 Å². The molecule has 0 bridgehead atoms. The average Bonchev–Trinajstić information content (AvgIpc) is 3.20. The minimum Gasteiger partial charge on any atom is -0.444 e. The molecule has 2 N–H and O–H groups in total. The summed E-state index contributed by atoms with van der Waals surface area (Å²) in [6.45, 7) is 9.59. The Morgan fingerprint density at radius 2 is 1.78 bits per heavy atom. The van der Waals surface area contributed by atoms with Crippen LogP contribution in [0.25, 0.3) is 11.0 Å². The van der Waals surface area contributed by atoms with Gasteiger partial charge in [0.05, 0.1) is 10.9 Å². The van der Waals surface area contributed by atoms with Crippen molar-refractivity contribution in [2.45, 2.75) is 90.2 Å². The Morgan fingerprint density at radius 3 is 2.41 bits per heavy atom. The number of hydrogen-bond acceptors (Lipinski definition) is 6. The van der Waals surface area contributed by atoms with E-state index in [9.17, 15) is 22.8 Å². The van der Waals surface area contributed by atoms with E-state index in [1.807, 2.05) is 18.7 Å². The van der Waals surface area contributed by atoms with Gasteiger partial charge in [-0.25, -0.2) is 14.8 Å². The minimum atomic E-state index is -4.63. The molecule has 1 aliphatic heterocycles. The van der Waals surface area contributed by atoms with Crippen LogP contribution in [0.15, 0.2) is 12.5 Å². The average molecular weight is 525 g/mol. The zero-order valence-electron chi connectivity index (χ0n) is 21.9. The van der Waals surface area contributed by atoms with Crippen LogP contribution >= 0.6 is 0 Å². The third kappa shape index (κ3) is 5.47. The summed E-state index contributed by atoms with van der Waals surface area (Å²) in [6, 6.07) is -0.963. The fourth-order valence-corrected chi connectivity index (χ4v) is 5.45. The van der Waals surface area contributed by atoms with Crippen molar-refractivity contribution in [2.24, 2.45) is 11.7 Å². The first-order chi connectivity index (χ1) is 17.2. The van der Waals surface area contributed by atoms with Crippen LogP contribution in [-0.4, -0.2) is 62.2 Å². The van der Waals surface area contributed by atoms with Gasteiger partial charge in [-0.05, 0) is 53.9 Å². The summed E-state index contributed by atoms with van der Waals surface area (Å²) >= 11 is 0. The minimum absolute atomic E-state index is 0.0685. The Bertz CT molecular complexity index is 1170. The maximum Gasteiger partial charge on any atom is 0.418 e. The van der Waals surface area contributed by atoms with Crippen molar-refractivity contribution in [3.05, 3.63) is 18.1 Å². The van der Waals surface area contributed by atoms with Gasteiger partial charge in [0, 0.05) is 43.3 Å². The molecule has 0 radical (unpaired) electrons. The molecule has 204 valence electrons. The molecule has 3 heterocycles. The molecule has 2 aromatic heterocycles. The molecular formula is C25H35F3N6O3. The van der Waals surface area contributed by atoms with Gasteiger partial charge in [0.1, 0.15) is 23.4 Å². The number of amides is 2. The second-order valence-electron chi connectivity index (χ2n) is 11.2. The van der Waals surface area contributed by atoms with E-state index in [-0.39, 0.29) is 54.0 Å². The maximum absolute atomic E-state index is 14.3. The summed E-state index contributed by atoms with van der Waals surface area (Å²) in [6.07, 6.45) is -0.379. The topological polar surface area (TPSA) is 107 Å². The number of primary amides is 1. The van der Waals surface area contributed by atoms with Gasteiger partial charge in [-0.2, -0.15) is 13.2 Å². The normalized spacial score (nSPS) is 25.4. The summed E-state index contributed by atoms with van der Waals surface area (Å²) in [5.74, 6) is -0.631. The van der Waals surface area contributed by atoms with E-state index >= 15 is 0 Å². The zero-order chi connectivity index (χ0) is 27.3. The first kappa shape index (κ1) is 27.0. The van der Waals surface area contributed by atoms with Gasteiger partial charge < -0.3 is 24.8 Å². The smallest absolute Gasteiger partial charge is 0.418 e. The standard InChI is InChI=1S/C25H35F3N6O3/c1-14-11-33(23(36)37-24(3,4)5)15(2)10-32(14)21-19-18(25(26,27)28)12-34(22(19)31-13-30-21)17-8-6-7-16(9-17)20(29)35/h12-17H,6-11H2,1-5H3,(H2,29,35)/t14-,15+,16?,17?/m0/s1. The van der Waals surface area contributed by atoms with Crippen LogP contribution in [0.3, 0.4) is 0 Å². The third-order valence-corrected chi connectivity index (χ3v) is 7.22. The van der Waals surface area contributed by atoms with Crippen molar-refractivity contribution in [1.29, 1.82) is 0 Å². The van der Waals surface area contributed by atoms with Crippen LogP contribution in [0.5, 0.6) is 0 Å². The number of hydrogen-bond donors (Lipinski definition) is 1. The third-order valence-electron chi connectivity index (χ3n) is 7.22. The maximum atomic E-state index is 14.3. The number of aromatic nitrogens is 3. The van der Waals surface area contributed by atoms with Crippen molar-refractivity contribution in [3.63, 3.8) is 0 Å². The molecule has 37 heavy (non-hydrogen) atoms. The van der Waals surface area contributed by atoms with Gasteiger partial charge in [0.25, 0.3) is 0 Å². The second kappa shape index (κ2) is 9.68. The van der Waals surface area contributed by atoms with Crippen LogP contribution < -0.4 is 10.6 Å². The molecule has 0 spiro atoms. The summed E-state index contributed by atoms with van der Waals surface area (Å²) in [4.78, 5) is 36.5. The largest absolute Gasteiger partial charge is 0.444 e. The van der Waals surface area contributed by atoms with E-state index in [0.29, 0.717) is 25.7 Å². The molecule has 2 fully saturated rings. The van der Waals surface area contributed by atoms with Crippen molar-refractivity contribution >= 4 is 28.9 Å². The van der Waals surface area contributed by atoms with Gasteiger partial charge >= 0.3 is 12.3 Å². The van der Waals surface area contributed by atoms with Crippen molar-refractivity contribution in [1.82, 2.24) is 19.4 Å². The van der Waals surface area contributed by atoms with E-state index in [1.165, 1.54) is 6.33 Å². The van der Waals surface area contributed by atoms with E-state index in [1.54, 1.807) is 30.2 Å². The monoisotopic (exact) mass is 524 g/mol. The van der Waals surface area contributed by atoms with E-state index in [2.05, 4.69) is 9.97 Å². The molecule has 2 aromatic rings. The molecule has 1 saturated heterocycles. The van der Waals surface area contributed by atoms with Gasteiger partial charge in [0.15, 0.2) is 0 Å². The fraction of sp³-hybridized carbons (Fsp3) is 0.680. The number of rotatable bonds is 3. The summed E-state index contributed by atoms with van der Waals surface area (Å²) in [7, 11) is 0. The number of ether oxygens (including phenoxy) is 1. The van der Waals surface area contributed by atoms with Crippen LogP contribution in [0.2, 0.25) is 0 Å². The Morgan fingerprint density at radius 1 is 1.08 bits per heavy atom. The van der Waals surface area contributed by atoms with Gasteiger partial charge in [-0.3, -0.25) is 4.79 Å². The lowest BCUT2D eigenvalue weighted by Crippen LogP contribution is -2.59. The Balaban J connectivity index is 1.73. The Labute approximate surface area is 214 Å². The predicted molar refractivity (Wildman–Crippen MR) is 132 cm³/mol. The highest BCUT2D eigenvalue weighted by atomic mass is 19.4. The molecule has 12 heteroatoms. The summed E-state index contributed by atoms with van der Waals surface area (Å²) in [5, 5.41) is -0.0685.